The van der Waals surface area contributed by atoms with E-state index in [-0.39, 0.29) is 17.2 Å². The SMILES string of the molecule is CC(C)CCNC(=O)[C@H]1CS[C@H](c2ccoc2)N1C(=O)c1ccc(F)cc1. The fraction of sp³-hybridized carbons (Fsp3) is 0.400. The van der Waals surface area contributed by atoms with Crippen LogP contribution >= 0.6 is 11.8 Å². The van der Waals surface area contributed by atoms with Crippen LogP contribution in [-0.2, 0) is 4.79 Å². The van der Waals surface area contributed by atoms with Gasteiger partial charge in [0.25, 0.3) is 5.91 Å². The van der Waals surface area contributed by atoms with E-state index in [1.807, 2.05) is 0 Å². The number of hydrogen-bond acceptors (Lipinski definition) is 4. The smallest absolute Gasteiger partial charge is 0.255 e. The van der Waals surface area contributed by atoms with E-state index in [9.17, 15) is 14.0 Å². The molecule has 2 amide bonds. The lowest BCUT2D eigenvalue weighted by atomic mass is 10.1. The molecule has 5 nitrogen and oxygen atoms in total. The second kappa shape index (κ2) is 8.61. The number of halogens is 1. The van der Waals surface area contributed by atoms with E-state index in [1.165, 1.54) is 36.0 Å². The van der Waals surface area contributed by atoms with Gasteiger partial charge in [0, 0.05) is 23.4 Å². The number of rotatable bonds is 6. The first-order valence-corrected chi connectivity index (χ1v) is 10.0. The van der Waals surface area contributed by atoms with Crippen molar-refractivity contribution in [1.29, 1.82) is 0 Å². The summed E-state index contributed by atoms with van der Waals surface area (Å²) in [7, 11) is 0. The lowest BCUT2D eigenvalue weighted by molar-refractivity contribution is -0.124. The monoisotopic (exact) mass is 390 g/mol. The van der Waals surface area contributed by atoms with Gasteiger partial charge in [-0.1, -0.05) is 13.8 Å². The Morgan fingerprint density at radius 3 is 2.67 bits per heavy atom. The maximum absolute atomic E-state index is 13.2. The summed E-state index contributed by atoms with van der Waals surface area (Å²) in [4.78, 5) is 27.5. The third-order valence-corrected chi connectivity index (χ3v) is 5.80. The molecule has 1 aliphatic rings. The Bertz CT molecular complexity index is 777. The maximum atomic E-state index is 13.2. The second-order valence-corrected chi connectivity index (χ2v) is 8.06. The van der Waals surface area contributed by atoms with E-state index in [0.717, 1.165) is 12.0 Å². The average Bonchev–Trinajstić information content (AvgIpc) is 3.30. The van der Waals surface area contributed by atoms with Gasteiger partial charge in [-0.25, -0.2) is 4.39 Å². The molecule has 7 heteroatoms. The molecular weight excluding hydrogens is 367 g/mol. The number of amides is 2. The summed E-state index contributed by atoms with van der Waals surface area (Å²) in [6.07, 6.45) is 4.01. The van der Waals surface area contributed by atoms with Crippen molar-refractivity contribution >= 4 is 23.6 Å². The van der Waals surface area contributed by atoms with E-state index in [2.05, 4.69) is 19.2 Å². The van der Waals surface area contributed by atoms with Crippen LogP contribution in [-0.4, -0.2) is 35.1 Å². The van der Waals surface area contributed by atoms with E-state index < -0.39 is 11.9 Å². The lowest BCUT2D eigenvalue weighted by Gasteiger charge is -2.28. The molecule has 0 radical (unpaired) electrons. The zero-order chi connectivity index (χ0) is 19.4. The van der Waals surface area contributed by atoms with Gasteiger partial charge in [0.05, 0.1) is 12.5 Å². The summed E-state index contributed by atoms with van der Waals surface area (Å²) in [5, 5.41) is 2.62. The first kappa shape index (κ1) is 19.5. The van der Waals surface area contributed by atoms with Crippen molar-refractivity contribution < 1.29 is 18.4 Å². The Hall–Kier alpha value is -2.28. The molecule has 1 fully saturated rings. The molecule has 1 aliphatic heterocycles. The van der Waals surface area contributed by atoms with Crippen molar-refractivity contribution in [3.05, 3.63) is 59.8 Å². The highest BCUT2D eigenvalue weighted by Gasteiger charge is 2.42. The van der Waals surface area contributed by atoms with Crippen LogP contribution in [0.5, 0.6) is 0 Å². The number of nitrogens with zero attached hydrogens (tertiary/aromatic N) is 1. The molecule has 0 saturated carbocycles. The van der Waals surface area contributed by atoms with E-state index in [0.29, 0.717) is 23.8 Å². The maximum Gasteiger partial charge on any atom is 0.255 e. The molecule has 144 valence electrons. The number of carbonyl (C=O) groups is 2. The molecular formula is C20H23FN2O3S. The van der Waals surface area contributed by atoms with Gasteiger partial charge >= 0.3 is 0 Å². The number of furan rings is 1. The number of benzene rings is 1. The van der Waals surface area contributed by atoms with Gasteiger partial charge in [-0.3, -0.25) is 9.59 Å². The minimum absolute atomic E-state index is 0.162. The molecule has 0 unspecified atom stereocenters. The van der Waals surface area contributed by atoms with Gasteiger partial charge in [0.2, 0.25) is 5.91 Å². The summed E-state index contributed by atoms with van der Waals surface area (Å²) in [5.74, 6) is 0.117. The van der Waals surface area contributed by atoms with Crippen LogP contribution in [0.2, 0.25) is 0 Å². The molecule has 3 rings (SSSR count). The van der Waals surface area contributed by atoms with Crippen LogP contribution in [0.1, 0.15) is 41.6 Å². The minimum Gasteiger partial charge on any atom is -0.472 e. The molecule has 1 aromatic heterocycles. The largest absolute Gasteiger partial charge is 0.472 e. The summed E-state index contributed by atoms with van der Waals surface area (Å²) in [5.41, 5.74) is 1.18. The first-order chi connectivity index (χ1) is 13.0. The van der Waals surface area contributed by atoms with Gasteiger partial charge in [0.1, 0.15) is 17.2 Å². The Labute approximate surface area is 162 Å². The predicted octanol–water partition coefficient (Wildman–Crippen LogP) is 3.84. The summed E-state index contributed by atoms with van der Waals surface area (Å²) in [6, 6.07) is 6.60. The average molecular weight is 390 g/mol. The van der Waals surface area contributed by atoms with E-state index in [1.54, 1.807) is 23.5 Å². The lowest BCUT2D eigenvalue weighted by Crippen LogP contribution is -2.48. The third kappa shape index (κ3) is 4.53. The number of thioether (sulfide) groups is 1. The van der Waals surface area contributed by atoms with Gasteiger partial charge in [-0.15, -0.1) is 11.8 Å². The Balaban J connectivity index is 1.83. The van der Waals surface area contributed by atoms with E-state index in [4.69, 9.17) is 4.42 Å². The highest BCUT2D eigenvalue weighted by Crippen LogP contribution is 2.42. The highest BCUT2D eigenvalue weighted by atomic mass is 32.2. The normalized spacial score (nSPS) is 19.5. The van der Waals surface area contributed by atoms with Crippen molar-refractivity contribution in [2.24, 2.45) is 5.92 Å². The standard InChI is InChI=1S/C20H23FN2O3S/c1-13(2)7-9-22-18(24)17-12-27-20(15-8-10-26-11-15)23(17)19(25)14-3-5-16(21)6-4-14/h3-6,8,10-11,13,17,20H,7,9,12H2,1-2H3,(H,22,24)/t17-,20-/m1/s1. The molecule has 27 heavy (non-hydrogen) atoms. The fourth-order valence-electron chi connectivity index (χ4n) is 2.97. The molecule has 1 aromatic carbocycles. The zero-order valence-corrected chi connectivity index (χ0v) is 16.2. The van der Waals surface area contributed by atoms with Crippen LogP contribution < -0.4 is 5.32 Å². The molecule has 0 aliphatic carbocycles. The highest BCUT2D eigenvalue weighted by molar-refractivity contribution is 7.99. The summed E-state index contributed by atoms with van der Waals surface area (Å²) >= 11 is 1.52. The van der Waals surface area contributed by atoms with Crippen LogP contribution in [0.25, 0.3) is 0 Å². The quantitative estimate of drug-likeness (QED) is 0.814. The van der Waals surface area contributed by atoms with Crippen molar-refractivity contribution in [3.8, 4) is 0 Å². The number of carbonyl (C=O) groups excluding carboxylic acids is 2. The van der Waals surface area contributed by atoms with Crippen molar-refractivity contribution in [2.45, 2.75) is 31.7 Å². The summed E-state index contributed by atoms with van der Waals surface area (Å²) < 4.78 is 18.4. The Morgan fingerprint density at radius 2 is 2.04 bits per heavy atom. The zero-order valence-electron chi connectivity index (χ0n) is 15.4. The second-order valence-electron chi connectivity index (χ2n) is 6.95. The van der Waals surface area contributed by atoms with Crippen LogP contribution in [0.15, 0.2) is 47.3 Å². The molecule has 1 N–H and O–H groups in total. The van der Waals surface area contributed by atoms with Crippen molar-refractivity contribution in [1.82, 2.24) is 10.2 Å². The van der Waals surface area contributed by atoms with Gasteiger partial charge in [0.15, 0.2) is 0 Å². The topological polar surface area (TPSA) is 62.6 Å². The number of nitrogens with one attached hydrogen (secondary N) is 1. The molecule has 1 saturated heterocycles. The minimum atomic E-state index is -0.584. The van der Waals surface area contributed by atoms with Gasteiger partial charge < -0.3 is 14.6 Å². The molecule has 2 heterocycles. The molecule has 2 atom stereocenters. The van der Waals surface area contributed by atoms with E-state index >= 15 is 0 Å². The summed E-state index contributed by atoms with van der Waals surface area (Å²) in [6.45, 7) is 4.76. The predicted molar refractivity (Wildman–Crippen MR) is 103 cm³/mol. The third-order valence-electron chi connectivity index (χ3n) is 4.48. The van der Waals surface area contributed by atoms with Gasteiger partial charge in [-0.2, -0.15) is 0 Å². The van der Waals surface area contributed by atoms with Crippen LogP contribution in [0.3, 0.4) is 0 Å². The van der Waals surface area contributed by atoms with Crippen LogP contribution in [0, 0.1) is 11.7 Å². The molecule has 0 spiro atoms. The van der Waals surface area contributed by atoms with Crippen molar-refractivity contribution in [2.75, 3.05) is 12.3 Å². The first-order valence-electron chi connectivity index (χ1n) is 8.97. The van der Waals surface area contributed by atoms with Crippen LogP contribution in [0.4, 0.5) is 4.39 Å². The van der Waals surface area contributed by atoms with Crippen molar-refractivity contribution in [3.63, 3.8) is 0 Å². The Morgan fingerprint density at radius 1 is 1.30 bits per heavy atom. The molecule has 2 aromatic rings. The van der Waals surface area contributed by atoms with Gasteiger partial charge in [-0.05, 0) is 42.7 Å². The molecule has 0 bridgehead atoms. The fourth-order valence-corrected chi connectivity index (χ4v) is 4.38. The Kier molecular flexibility index (Phi) is 6.21. The number of hydrogen-bond donors (Lipinski definition) is 1.